The van der Waals surface area contributed by atoms with Gasteiger partial charge in [-0.25, -0.2) is 0 Å². The van der Waals surface area contributed by atoms with E-state index in [0.29, 0.717) is 6.04 Å². The number of fused-ring (bicyclic) bond motifs is 1. The first-order valence-corrected chi connectivity index (χ1v) is 8.66. The largest absolute Gasteiger partial charge is 0.326 e. The summed E-state index contributed by atoms with van der Waals surface area (Å²) in [6.07, 6.45) is 1.11. The van der Waals surface area contributed by atoms with Gasteiger partial charge in [0.05, 0.1) is 6.04 Å². The van der Waals surface area contributed by atoms with Gasteiger partial charge in [-0.15, -0.1) is 11.3 Å². The van der Waals surface area contributed by atoms with Crippen LogP contribution in [0.15, 0.2) is 35.7 Å². The molecule has 3 unspecified atom stereocenters. The van der Waals surface area contributed by atoms with Crippen LogP contribution in [0.2, 0.25) is 5.02 Å². The molecule has 2 N–H and O–H groups in total. The van der Waals surface area contributed by atoms with Gasteiger partial charge >= 0.3 is 0 Å². The minimum atomic E-state index is 0.0612. The molecule has 3 atom stereocenters. The van der Waals surface area contributed by atoms with Crippen LogP contribution < -0.4 is 5.73 Å². The van der Waals surface area contributed by atoms with Crippen molar-refractivity contribution in [3.05, 3.63) is 56.7 Å². The first-order valence-electron chi connectivity index (χ1n) is 7.41. The summed E-state index contributed by atoms with van der Waals surface area (Å²) in [7, 11) is 0. The van der Waals surface area contributed by atoms with Crippen LogP contribution in [-0.4, -0.2) is 17.5 Å². The summed E-state index contributed by atoms with van der Waals surface area (Å²) < 4.78 is 0. The molecule has 2 heterocycles. The number of nitrogens with zero attached hydrogens (tertiary/aromatic N) is 1. The number of halogens is 1. The summed E-state index contributed by atoms with van der Waals surface area (Å²) in [5.74, 6) is 0. The molecule has 4 heteroatoms. The summed E-state index contributed by atoms with van der Waals surface area (Å²) in [4.78, 5) is 4.04. The molecule has 1 aliphatic heterocycles. The Morgan fingerprint density at radius 1 is 1.38 bits per heavy atom. The lowest BCUT2D eigenvalue weighted by Gasteiger charge is -2.41. The lowest BCUT2D eigenvalue weighted by atomic mass is 9.93. The number of benzene rings is 1. The van der Waals surface area contributed by atoms with Crippen molar-refractivity contribution in [1.29, 1.82) is 0 Å². The van der Waals surface area contributed by atoms with Gasteiger partial charge in [0, 0.05) is 28.5 Å². The molecule has 1 aromatic heterocycles. The van der Waals surface area contributed by atoms with Gasteiger partial charge < -0.3 is 5.73 Å². The lowest BCUT2D eigenvalue weighted by molar-refractivity contribution is 0.119. The fraction of sp³-hybridized carbons (Fsp3) is 0.412. The van der Waals surface area contributed by atoms with Gasteiger partial charge in [0.25, 0.3) is 0 Å². The van der Waals surface area contributed by atoms with Gasteiger partial charge in [-0.3, -0.25) is 4.90 Å². The number of rotatable bonds is 3. The van der Waals surface area contributed by atoms with Crippen molar-refractivity contribution in [3.63, 3.8) is 0 Å². The maximum Gasteiger partial charge on any atom is 0.0503 e. The Bertz CT molecular complexity index is 623. The van der Waals surface area contributed by atoms with E-state index in [9.17, 15) is 0 Å². The normalized spacial score (nSPS) is 21.8. The Morgan fingerprint density at radius 2 is 2.19 bits per heavy atom. The van der Waals surface area contributed by atoms with E-state index in [1.165, 1.54) is 16.0 Å². The lowest BCUT2D eigenvalue weighted by Crippen LogP contribution is -2.43. The summed E-state index contributed by atoms with van der Waals surface area (Å²) in [6.45, 7) is 5.42. The van der Waals surface area contributed by atoms with Gasteiger partial charge in [-0.1, -0.05) is 23.7 Å². The fourth-order valence-corrected chi connectivity index (χ4v) is 4.56. The molecule has 0 bridgehead atoms. The average Bonchev–Trinajstić information content (AvgIpc) is 2.91. The molecule has 2 nitrogen and oxygen atoms in total. The highest BCUT2D eigenvalue weighted by Gasteiger charge is 2.32. The molecule has 3 rings (SSSR count). The van der Waals surface area contributed by atoms with E-state index in [1.807, 2.05) is 29.5 Å². The highest BCUT2D eigenvalue weighted by Crippen LogP contribution is 2.39. The molecule has 0 spiro atoms. The van der Waals surface area contributed by atoms with Gasteiger partial charge in [0.15, 0.2) is 0 Å². The molecule has 1 aliphatic rings. The maximum atomic E-state index is 6.32. The summed E-state index contributed by atoms with van der Waals surface area (Å²) >= 11 is 8.05. The summed E-state index contributed by atoms with van der Waals surface area (Å²) in [6, 6.07) is 11.0. The fourth-order valence-electron chi connectivity index (χ4n) is 3.40. The molecule has 0 saturated carbocycles. The van der Waals surface area contributed by atoms with Gasteiger partial charge in [0.2, 0.25) is 0 Å². The molecule has 0 aliphatic carbocycles. The molecule has 2 aromatic rings. The van der Waals surface area contributed by atoms with E-state index in [4.69, 9.17) is 17.3 Å². The first kappa shape index (κ1) is 15.0. The summed E-state index contributed by atoms with van der Waals surface area (Å²) in [5, 5.41) is 2.98. The molecule has 21 heavy (non-hydrogen) atoms. The van der Waals surface area contributed by atoms with E-state index in [-0.39, 0.29) is 12.1 Å². The average molecular weight is 321 g/mol. The molecule has 0 saturated heterocycles. The van der Waals surface area contributed by atoms with Crippen molar-refractivity contribution < 1.29 is 0 Å². The number of thiophene rings is 1. The van der Waals surface area contributed by atoms with Crippen molar-refractivity contribution in [3.8, 4) is 0 Å². The van der Waals surface area contributed by atoms with Crippen molar-refractivity contribution in [2.45, 2.75) is 38.4 Å². The quantitative estimate of drug-likeness (QED) is 0.907. The van der Waals surface area contributed by atoms with Crippen LogP contribution >= 0.6 is 22.9 Å². The van der Waals surface area contributed by atoms with Gasteiger partial charge in [-0.05, 0) is 55.0 Å². The minimum Gasteiger partial charge on any atom is -0.326 e. The van der Waals surface area contributed by atoms with Crippen LogP contribution in [0.5, 0.6) is 0 Å². The van der Waals surface area contributed by atoms with Crippen LogP contribution in [0.3, 0.4) is 0 Å². The molecule has 0 radical (unpaired) electrons. The predicted molar refractivity (Wildman–Crippen MR) is 91.0 cm³/mol. The van der Waals surface area contributed by atoms with Gasteiger partial charge in [0.1, 0.15) is 0 Å². The predicted octanol–water partition coefficient (Wildman–Crippen LogP) is 4.41. The second kappa shape index (κ2) is 6.09. The monoisotopic (exact) mass is 320 g/mol. The molecule has 0 fully saturated rings. The molecular formula is C17H21ClN2S. The number of hydrogen-bond acceptors (Lipinski definition) is 3. The van der Waals surface area contributed by atoms with E-state index in [0.717, 1.165) is 18.0 Å². The van der Waals surface area contributed by atoms with Crippen LogP contribution in [-0.2, 0) is 6.42 Å². The summed E-state index contributed by atoms with van der Waals surface area (Å²) in [5.41, 5.74) is 8.99. The maximum absolute atomic E-state index is 6.32. The molecular weight excluding hydrogens is 300 g/mol. The number of nitrogens with two attached hydrogens (primary N) is 1. The van der Waals surface area contributed by atoms with Crippen LogP contribution in [0.25, 0.3) is 0 Å². The topological polar surface area (TPSA) is 29.3 Å². The minimum absolute atomic E-state index is 0.0612. The number of hydrogen-bond donors (Lipinski definition) is 1. The van der Waals surface area contributed by atoms with Crippen LogP contribution in [0, 0.1) is 0 Å². The highest BCUT2D eigenvalue weighted by atomic mass is 35.5. The van der Waals surface area contributed by atoms with E-state index in [2.05, 4.69) is 36.3 Å². The Labute approximate surface area is 135 Å². The van der Waals surface area contributed by atoms with E-state index >= 15 is 0 Å². The standard InChI is InChI=1S/C17H21ClN2S/c1-11(19)17(13-4-3-5-14(18)10-13)20-8-6-16-15(12(20)2)7-9-21-16/h3-5,7,9-12,17H,6,8,19H2,1-2H3. The Morgan fingerprint density at radius 3 is 2.90 bits per heavy atom. The molecule has 112 valence electrons. The van der Waals surface area contributed by atoms with Crippen molar-refractivity contribution in [2.75, 3.05) is 6.54 Å². The Kier molecular flexibility index (Phi) is 4.36. The zero-order valence-corrected chi connectivity index (χ0v) is 14.0. The highest BCUT2D eigenvalue weighted by molar-refractivity contribution is 7.10. The molecule has 0 amide bonds. The second-order valence-electron chi connectivity index (χ2n) is 5.82. The smallest absolute Gasteiger partial charge is 0.0503 e. The van der Waals surface area contributed by atoms with Crippen molar-refractivity contribution in [1.82, 2.24) is 4.90 Å². The van der Waals surface area contributed by atoms with Crippen molar-refractivity contribution in [2.24, 2.45) is 5.73 Å². The third kappa shape index (κ3) is 2.88. The zero-order chi connectivity index (χ0) is 15.0. The van der Waals surface area contributed by atoms with Crippen molar-refractivity contribution >= 4 is 22.9 Å². The SMILES string of the molecule is CC(N)C(c1cccc(Cl)c1)N1CCc2sccc2C1C. The zero-order valence-electron chi connectivity index (χ0n) is 12.4. The third-order valence-electron chi connectivity index (χ3n) is 4.37. The third-order valence-corrected chi connectivity index (χ3v) is 5.60. The first-order chi connectivity index (χ1) is 10.1. The Hall–Kier alpha value is -0.870. The molecule has 1 aromatic carbocycles. The second-order valence-corrected chi connectivity index (χ2v) is 7.26. The van der Waals surface area contributed by atoms with Gasteiger partial charge in [-0.2, -0.15) is 0 Å². The van der Waals surface area contributed by atoms with E-state index < -0.39 is 0 Å². The van der Waals surface area contributed by atoms with Crippen LogP contribution in [0.4, 0.5) is 0 Å². The van der Waals surface area contributed by atoms with Crippen LogP contribution in [0.1, 0.15) is 41.9 Å². The Balaban J connectivity index is 1.96. The van der Waals surface area contributed by atoms with E-state index in [1.54, 1.807) is 0 Å².